The van der Waals surface area contributed by atoms with Gasteiger partial charge in [0.15, 0.2) is 0 Å². The van der Waals surface area contributed by atoms with Crippen LogP contribution in [0.1, 0.15) is 12.5 Å². The van der Waals surface area contributed by atoms with Crippen molar-refractivity contribution >= 4 is 11.7 Å². The SMILES string of the molecule is COc1ccc(NC(C)(Cc2ccccc2)C(=O)O)cc1. The van der Waals surface area contributed by atoms with Gasteiger partial charge in [-0.25, -0.2) is 4.79 Å². The van der Waals surface area contributed by atoms with E-state index in [2.05, 4.69) is 5.32 Å². The van der Waals surface area contributed by atoms with Crippen LogP contribution in [0.5, 0.6) is 5.75 Å². The molecular formula is C17H19NO3. The van der Waals surface area contributed by atoms with Crippen molar-refractivity contribution in [3.05, 3.63) is 60.2 Å². The standard InChI is InChI=1S/C17H19NO3/c1-17(16(19)20,12-13-6-4-3-5-7-13)18-14-8-10-15(21-2)11-9-14/h3-11,18H,12H2,1-2H3,(H,19,20). The van der Waals surface area contributed by atoms with E-state index in [1.807, 2.05) is 42.5 Å². The number of carboxylic acids is 1. The molecule has 110 valence electrons. The Morgan fingerprint density at radius 1 is 1.14 bits per heavy atom. The number of carbonyl (C=O) groups is 1. The topological polar surface area (TPSA) is 58.6 Å². The highest BCUT2D eigenvalue weighted by molar-refractivity contribution is 5.82. The van der Waals surface area contributed by atoms with E-state index >= 15 is 0 Å². The van der Waals surface area contributed by atoms with Gasteiger partial charge in [-0.1, -0.05) is 30.3 Å². The number of nitrogens with one attached hydrogen (secondary N) is 1. The molecule has 0 aliphatic rings. The Morgan fingerprint density at radius 3 is 2.29 bits per heavy atom. The number of anilines is 1. The summed E-state index contributed by atoms with van der Waals surface area (Å²) in [6, 6.07) is 16.8. The fourth-order valence-electron chi connectivity index (χ4n) is 2.17. The van der Waals surface area contributed by atoms with Gasteiger partial charge in [0.05, 0.1) is 7.11 Å². The third-order valence-electron chi connectivity index (χ3n) is 3.38. The fourth-order valence-corrected chi connectivity index (χ4v) is 2.17. The lowest BCUT2D eigenvalue weighted by Crippen LogP contribution is -2.45. The van der Waals surface area contributed by atoms with Crippen LogP contribution in [-0.2, 0) is 11.2 Å². The van der Waals surface area contributed by atoms with Crippen LogP contribution in [0, 0.1) is 0 Å². The maximum atomic E-state index is 11.7. The number of rotatable bonds is 6. The molecule has 2 N–H and O–H groups in total. The molecule has 2 rings (SSSR count). The van der Waals surface area contributed by atoms with E-state index < -0.39 is 11.5 Å². The number of benzene rings is 2. The summed E-state index contributed by atoms with van der Waals surface area (Å²) in [4.78, 5) is 11.7. The summed E-state index contributed by atoms with van der Waals surface area (Å²) in [6.07, 6.45) is 0.398. The van der Waals surface area contributed by atoms with Gasteiger partial charge in [0.2, 0.25) is 0 Å². The van der Waals surface area contributed by atoms with E-state index in [0.717, 1.165) is 17.0 Å². The summed E-state index contributed by atoms with van der Waals surface area (Å²) in [6.45, 7) is 1.69. The Bertz CT molecular complexity index is 595. The van der Waals surface area contributed by atoms with Crippen LogP contribution in [0.3, 0.4) is 0 Å². The zero-order chi connectivity index (χ0) is 15.3. The minimum Gasteiger partial charge on any atom is -0.497 e. The van der Waals surface area contributed by atoms with Crippen LogP contribution in [0.15, 0.2) is 54.6 Å². The lowest BCUT2D eigenvalue weighted by Gasteiger charge is -2.27. The van der Waals surface area contributed by atoms with Crippen molar-refractivity contribution in [2.24, 2.45) is 0 Å². The van der Waals surface area contributed by atoms with Gasteiger partial charge in [0, 0.05) is 12.1 Å². The number of methoxy groups -OCH3 is 1. The Morgan fingerprint density at radius 2 is 1.76 bits per heavy atom. The lowest BCUT2D eigenvalue weighted by molar-refractivity contribution is -0.141. The zero-order valence-electron chi connectivity index (χ0n) is 12.2. The number of hydrogen-bond acceptors (Lipinski definition) is 3. The molecule has 0 saturated heterocycles. The molecule has 0 amide bonds. The van der Waals surface area contributed by atoms with Crippen LogP contribution in [0.25, 0.3) is 0 Å². The minimum atomic E-state index is -1.07. The van der Waals surface area contributed by atoms with Gasteiger partial charge in [0.25, 0.3) is 0 Å². The van der Waals surface area contributed by atoms with Crippen LogP contribution >= 0.6 is 0 Å². The minimum absolute atomic E-state index is 0.398. The third kappa shape index (κ3) is 3.75. The first-order valence-electron chi connectivity index (χ1n) is 6.73. The first-order valence-corrected chi connectivity index (χ1v) is 6.73. The molecular weight excluding hydrogens is 266 g/mol. The highest BCUT2D eigenvalue weighted by atomic mass is 16.5. The second-order valence-corrected chi connectivity index (χ2v) is 5.15. The second kappa shape index (κ2) is 6.31. The maximum absolute atomic E-state index is 11.7. The van der Waals surface area contributed by atoms with E-state index in [9.17, 15) is 9.90 Å². The van der Waals surface area contributed by atoms with Gasteiger partial charge in [0.1, 0.15) is 11.3 Å². The van der Waals surface area contributed by atoms with Crippen molar-refractivity contribution < 1.29 is 14.6 Å². The van der Waals surface area contributed by atoms with E-state index in [1.165, 1.54) is 0 Å². The highest BCUT2D eigenvalue weighted by Crippen LogP contribution is 2.22. The molecule has 1 unspecified atom stereocenters. The smallest absolute Gasteiger partial charge is 0.329 e. The second-order valence-electron chi connectivity index (χ2n) is 5.15. The first kappa shape index (κ1) is 14.9. The average molecular weight is 285 g/mol. The van der Waals surface area contributed by atoms with Crippen molar-refractivity contribution in [1.82, 2.24) is 0 Å². The van der Waals surface area contributed by atoms with Crippen molar-refractivity contribution in [1.29, 1.82) is 0 Å². The van der Waals surface area contributed by atoms with Gasteiger partial charge in [-0.2, -0.15) is 0 Å². The number of carboxylic acid groups (broad SMARTS) is 1. The van der Waals surface area contributed by atoms with Crippen molar-refractivity contribution in [3.8, 4) is 5.75 Å². The van der Waals surface area contributed by atoms with Crippen LogP contribution < -0.4 is 10.1 Å². The lowest BCUT2D eigenvalue weighted by atomic mass is 9.92. The molecule has 0 fully saturated rings. The van der Waals surface area contributed by atoms with Gasteiger partial charge < -0.3 is 15.2 Å². The summed E-state index contributed by atoms with van der Waals surface area (Å²) in [5.74, 6) is -0.150. The predicted molar refractivity (Wildman–Crippen MR) is 82.8 cm³/mol. The number of aliphatic carboxylic acids is 1. The van der Waals surface area contributed by atoms with E-state index in [4.69, 9.17) is 4.74 Å². The number of ether oxygens (including phenoxy) is 1. The molecule has 2 aromatic carbocycles. The predicted octanol–water partition coefficient (Wildman–Crippen LogP) is 3.19. The van der Waals surface area contributed by atoms with E-state index in [1.54, 1.807) is 26.2 Å². The van der Waals surface area contributed by atoms with Crippen LogP contribution in [0.4, 0.5) is 5.69 Å². The molecule has 0 saturated carbocycles. The quantitative estimate of drug-likeness (QED) is 0.855. The molecule has 0 heterocycles. The zero-order valence-corrected chi connectivity index (χ0v) is 12.2. The number of hydrogen-bond donors (Lipinski definition) is 2. The summed E-state index contributed by atoms with van der Waals surface area (Å²) in [5.41, 5.74) is 0.649. The summed E-state index contributed by atoms with van der Waals surface area (Å²) in [5, 5.41) is 12.7. The summed E-state index contributed by atoms with van der Waals surface area (Å²) in [7, 11) is 1.60. The van der Waals surface area contributed by atoms with Gasteiger partial charge in [-0.15, -0.1) is 0 Å². The molecule has 0 aliphatic heterocycles. The molecule has 4 heteroatoms. The first-order chi connectivity index (χ1) is 10.0. The molecule has 1 atom stereocenters. The Balaban J connectivity index is 2.19. The Kier molecular flexibility index (Phi) is 4.48. The Hall–Kier alpha value is -2.49. The molecule has 0 aromatic heterocycles. The van der Waals surface area contributed by atoms with Gasteiger partial charge in [-0.05, 0) is 36.8 Å². The molecule has 21 heavy (non-hydrogen) atoms. The van der Waals surface area contributed by atoms with E-state index in [-0.39, 0.29) is 0 Å². The van der Waals surface area contributed by atoms with Crippen molar-refractivity contribution in [2.45, 2.75) is 18.9 Å². The normalized spacial score (nSPS) is 13.2. The maximum Gasteiger partial charge on any atom is 0.329 e. The third-order valence-corrected chi connectivity index (χ3v) is 3.38. The Labute approximate surface area is 124 Å². The monoisotopic (exact) mass is 285 g/mol. The summed E-state index contributed by atoms with van der Waals surface area (Å²) < 4.78 is 5.10. The largest absolute Gasteiger partial charge is 0.497 e. The van der Waals surface area contributed by atoms with Gasteiger partial charge in [-0.3, -0.25) is 0 Å². The van der Waals surface area contributed by atoms with Crippen molar-refractivity contribution in [2.75, 3.05) is 12.4 Å². The van der Waals surface area contributed by atoms with E-state index in [0.29, 0.717) is 6.42 Å². The fraction of sp³-hybridized carbons (Fsp3) is 0.235. The molecule has 0 aliphatic carbocycles. The molecule has 0 radical (unpaired) electrons. The molecule has 2 aromatic rings. The van der Waals surface area contributed by atoms with Crippen molar-refractivity contribution in [3.63, 3.8) is 0 Å². The highest BCUT2D eigenvalue weighted by Gasteiger charge is 2.33. The molecule has 0 spiro atoms. The van der Waals surface area contributed by atoms with Crippen LogP contribution in [0.2, 0.25) is 0 Å². The average Bonchev–Trinajstić information content (AvgIpc) is 2.49. The van der Waals surface area contributed by atoms with Crippen LogP contribution in [-0.4, -0.2) is 23.7 Å². The summed E-state index contributed by atoms with van der Waals surface area (Å²) >= 11 is 0. The molecule has 0 bridgehead atoms. The van der Waals surface area contributed by atoms with Gasteiger partial charge >= 0.3 is 5.97 Å². The molecule has 4 nitrogen and oxygen atoms in total.